The van der Waals surface area contributed by atoms with Crippen molar-refractivity contribution in [2.24, 2.45) is 5.92 Å². The number of carbonyl (C=O) groups excluding carboxylic acids is 1. The molecule has 0 amide bonds. The average Bonchev–Trinajstić information content (AvgIpc) is 3.06. The lowest BCUT2D eigenvalue weighted by Crippen LogP contribution is -2.29. The average molecular weight is 315 g/mol. The van der Waals surface area contributed by atoms with Crippen molar-refractivity contribution >= 4 is 5.97 Å². The minimum absolute atomic E-state index is 0.204. The van der Waals surface area contributed by atoms with Gasteiger partial charge in [-0.25, -0.2) is 4.79 Å². The summed E-state index contributed by atoms with van der Waals surface area (Å²) in [5.41, 5.74) is 2.84. The van der Waals surface area contributed by atoms with Crippen LogP contribution in [-0.2, 0) is 22.4 Å². The van der Waals surface area contributed by atoms with Crippen LogP contribution in [0.4, 0.5) is 0 Å². The van der Waals surface area contributed by atoms with Gasteiger partial charge >= 0.3 is 5.97 Å². The van der Waals surface area contributed by atoms with Crippen LogP contribution >= 0.6 is 0 Å². The Kier molecular flexibility index (Phi) is 4.99. The van der Waals surface area contributed by atoms with Crippen molar-refractivity contribution in [3.05, 3.63) is 40.9 Å². The standard InChI is InChI=1S/C19H25NO3/c1-2-15-11-13(9-10-20-15)7-8-16-12-17(21)18(19(22)23-16)14-5-3-4-6-14/h9-11,14,16,21H,2-8,12H2,1H3. The Labute approximate surface area is 137 Å². The van der Waals surface area contributed by atoms with E-state index < -0.39 is 0 Å². The first kappa shape index (κ1) is 16.0. The molecule has 4 nitrogen and oxygen atoms in total. The second kappa shape index (κ2) is 7.16. The number of rotatable bonds is 5. The first-order chi connectivity index (χ1) is 11.2. The zero-order chi connectivity index (χ0) is 16.2. The number of hydrogen-bond acceptors (Lipinski definition) is 4. The summed E-state index contributed by atoms with van der Waals surface area (Å²) < 4.78 is 5.59. The van der Waals surface area contributed by atoms with Crippen molar-refractivity contribution in [3.63, 3.8) is 0 Å². The normalized spacial score (nSPS) is 22.5. The van der Waals surface area contributed by atoms with Gasteiger partial charge < -0.3 is 9.84 Å². The van der Waals surface area contributed by atoms with Crippen LogP contribution in [0, 0.1) is 5.92 Å². The number of nitrogens with zero attached hydrogens (tertiary/aromatic N) is 1. The molecule has 1 fully saturated rings. The van der Waals surface area contributed by atoms with Crippen molar-refractivity contribution in [1.29, 1.82) is 0 Å². The maximum Gasteiger partial charge on any atom is 0.337 e. The van der Waals surface area contributed by atoms with Gasteiger partial charge in [0.1, 0.15) is 11.9 Å². The number of esters is 1. The number of cyclic esters (lactones) is 1. The predicted octanol–water partition coefficient (Wildman–Crippen LogP) is 3.89. The van der Waals surface area contributed by atoms with Crippen molar-refractivity contribution < 1.29 is 14.6 Å². The second-order valence-electron chi connectivity index (χ2n) is 6.62. The molecule has 23 heavy (non-hydrogen) atoms. The summed E-state index contributed by atoms with van der Waals surface area (Å²) in [5.74, 6) is 0.174. The number of aryl methyl sites for hydroxylation is 2. The van der Waals surface area contributed by atoms with Crippen molar-refractivity contribution in [1.82, 2.24) is 4.98 Å². The highest BCUT2D eigenvalue weighted by molar-refractivity contribution is 5.90. The Balaban J connectivity index is 1.61. The zero-order valence-electron chi connectivity index (χ0n) is 13.8. The third-order valence-corrected chi connectivity index (χ3v) is 4.99. The van der Waals surface area contributed by atoms with Gasteiger partial charge in [0.15, 0.2) is 0 Å². The van der Waals surface area contributed by atoms with Gasteiger partial charge in [-0.15, -0.1) is 0 Å². The molecule has 1 atom stereocenters. The molecule has 3 rings (SSSR count). The van der Waals surface area contributed by atoms with Crippen molar-refractivity contribution in [3.8, 4) is 0 Å². The van der Waals surface area contributed by atoms with E-state index in [1.807, 2.05) is 12.3 Å². The Morgan fingerprint density at radius 2 is 2.13 bits per heavy atom. The van der Waals surface area contributed by atoms with E-state index in [1.54, 1.807) is 0 Å². The monoisotopic (exact) mass is 315 g/mol. The van der Waals surface area contributed by atoms with Crippen molar-refractivity contribution in [2.45, 2.75) is 64.4 Å². The highest BCUT2D eigenvalue weighted by atomic mass is 16.5. The molecule has 0 radical (unpaired) electrons. The lowest BCUT2D eigenvalue weighted by molar-refractivity contribution is -0.147. The van der Waals surface area contributed by atoms with Crippen LogP contribution in [0.5, 0.6) is 0 Å². The lowest BCUT2D eigenvalue weighted by Gasteiger charge is -2.27. The molecule has 1 aromatic heterocycles. The maximum absolute atomic E-state index is 12.3. The summed E-state index contributed by atoms with van der Waals surface area (Å²) >= 11 is 0. The van der Waals surface area contributed by atoms with E-state index in [0.717, 1.165) is 50.6 Å². The first-order valence-corrected chi connectivity index (χ1v) is 8.74. The Hall–Kier alpha value is -1.84. The fourth-order valence-corrected chi connectivity index (χ4v) is 3.68. The Morgan fingerprint density at radius 1 is 1.35 bits per heavy atom. The largest absolute Gasteiger partial charge is 0.512 e. The summed E-state index contributed by atoms with van der Waals surface area (Å²) in [7, 11) is 0. The molecule has 124 valence electrons. The van der Waals surface area contributed by atoms with E-state index in [9.17, 15) is 9.90 Å². The third kappa shape index (κ3) is 3.74. The minimum Gasteiger partial charge on any atom is -0.512 e. The van der Waals surface area contributed by atoms with E-state index in [-0.39, 0.29) is 23.8 Å². The molecule has 1 saturated carbocycles. The van der Waals surface area contributed by atoms with Crippen molar-refractivity contribution in [2.75, 3.05) is 0 Å². The van der Waals surface area contributed by atoms with Crippen LogP contribution in [0.1, 0.15) is 56.7 Å². The number of ether oxygens (including phenoxy) is 1. The molecule has 2 aliphatic rings. The molecule has 0 bridgehead atoms. The molecule has 0 aromatic carbocycles. The Morgan fingerprint density at radius 3 is 2.83 bits per heavy atom. The van der Waals surface area contributed by atoms with Gasteiger partial charge in [-0.3, -0.25) is 4.98 Å². The fraction of sp³-hybridized carbons (Fsp3) is 0.579. The lowest BCUT2D eigenvalue weighted by atomic mass is 9.91. The fourth-order valence-electron chi connectivity index (χ4n) is 3.68. The van der Waals surface area contributed by atoms with E-state index in [2.05, 4.69) is 18.0 Å². The Bertz CT molecular complexity index is 602. The molecule has 1 aliphatic heterocycles. The van der Waals surface area contributed by atoms with E-state index >= 15 is 0 Å². The maximum atomic E-state index is 12.3. The summed E-state index contributed by atoms with van der Waals surface area (Å²) in [6, 6.07) is 4.10. The topological polar surface area (TPSA) is 59.4 Å². The number of pyridine rings is 1. The molecule has 1 unspecified atom stereocenters. The van der Waals surface area contributed by atoms with E-state index in [1.165, 1.54) is 5.56 Å². The molecule has 1 N–H and O–H groups in total. The second-order valence-corrected chi connectivity index (χ2v) is 6.62. The number of aliphatic hydroxyl groups is 1. The van der Waals surface area contributed by atoms with Crippen LogP contribution in [0.3, 0.4) is 0 Å². The quantitative estimate of drug-likeness (QED) is 0.837. The minimum atomic E-state index is -0.297. The zero-order valence-corrected chi connectivity index (χ0v) is 13.8. The summed E-state index contributed by atoms with van der Waals surface area (Å²) in [6.07, 6.45) is 8.83. The molecule has 4 heteroatoms. The van der Waals surface area contributed by atoms with Gasteiger partial charge in [0.25, 0.3) is 0 Å². The van der Waals surface area contributed by atoms with Gasteiger partial charge in [-0.2, -0.15) is 0 Å². The van der Waals surface area contributed by atoms with E-state index in [0.29, 0.717) is 12.0 Å². The molecule has 1 aliphatic carbocycles. The molecule has 0 spiro atoms. The van der Waals surface area contributed by atoms with Crippen LogP contribution in [0.15, 0.2) is 29.7 Å². The smallest absolute Gasteiger partial charge is 0.337 e. The van der Waals surface area contributed by atoms with Gasteiger partial charge in [0.2, 0.25) is 0 Å². The summed E-state index contributed by atoms with van der Waals surface area (Å²) in [5, 5.41) is 10.3. The highest BCUT2D eigenvalue weighted by Crippen LogP contribution is 2.36. The first-order valence-electron chi connectivity index (χ1n) is 8.74. The van der Waals surface area contributed by atoms with Gasteiger partial charge in [-0.1, -0.05) is 19.8 Å². The van der Waals surface area contributed by atoms with Crippen LogP contribution < -0.4 is 0 Å². The summed E-state index contributed by atoms with van der Waals surface area (Å²) in [4.78, 5) is 16.6. The van der Waals surface area contributed by atoms with Crippen LogP contribution in [-0.4, -0.2) is 22.2 Å². The number of carbonyl (C=O) groups is 1. The molecule has 2 heterocycles. The molecular weight excluding hydrogens is 290 g/mol. The number of aliphatic hydroxyl groups excluding tert-OH is 1. The highest BCUT2D eigenvalue weighted by Gasteiger charge is 2.34. The third-order valence-electron chi connectivity index (χ3n) is 4.99. The summed E-state index contributed by atoms with van der Waals surface area (Å²) in [6.45, 7) is 2.09. The molecular formula is C19H25NO3. The van der Waals surface area contributed by atoms with Gasteiger partial charge in [0, 0.05) is 18.3 Å². The van der Waals surface area contributed by atoms with Gasteiger partial charge in [-0.05, 0) is 55.7 Å². The number of hydrogen-bond donors (Lipinski definition) is 1. The number of aromatic nitrogens is 1. The van der Waals surface area contributed by atoms with E-state index in [4.69, 9.17) is 4.74 Å². The molecule has 0 saturated heterocycles. The molecule has 1 aromatic rings. The van der Waals surface area contributed by atoms with Crippen LogP contribution in [0.25, 0.3) is 0 Å². The van der Waals surface area contributed by atoms with Crippen LogP contribution in [0.2, 0.25) is 0 Å². The SMILES string of the molecule is CCc1cc(CCC2CC(O)=C(C3CCCC3)C(=O)O2)ccn1. The van der Waals surface area contributed by atoms with Gasteiger partial charge in [0.05, 0.1) is 5.57 Å². The predicted molar refractivity (Wildman–Crippen MR) is 88.0 cm³/mol.